The number of carbonyl (C=O) groups is 2. The van der Waals surface area contributed by atoms with Crippen molar-refractivity contribution in [2.45, 2.75) is 62.8 Å². The molecule has 0 saturated heterocycles. The highest BCUT2D eigenvalue weighted by atomic mass is 79.9. The molecule has 4 saturated carbocycles. The summed E-state index contributed by atoms with van der Waals surface area (Å²) >= 11 is 3.92. The lowest BCUT2D eigenvalue weighted by molar-refractivity contribution is -0.175. The minimum atomic E-state index is -0.790. The molecule has 0 heterocycles. The van der Waals surface area contributed by atoms with Gasteiger partial charge in [-0.2, -0.15) is 0 Å². The monoisotopic (exact) mass is 419 g/mol. The molecular formula is C21H26BrNO3. The number of nitrogens with one attached hydrogen (secondary N) is 1. The number of rotatable bonds is 4. The van der Waals surface area contributed by atoms with E-state index in [0.29, 0.717) is 11.8 Å². The van der Waals surface area contributed by atoms with E-state index in [-0.39, 0.29) is 16.2 Å². The number of benzene rings is 1. The Bertz CT molecular complexity index is 733. The van der Waals surface area contributed by atoms with Crippen LogP contribution in [0.2, 0.25) is 0 Å². The number of alkyl halides is 1. The van der Waals surface area contributed by atoms with Crippen LogP contribution in [0, 0.1) is 24.2 Å². The van der Waals surface area contributed by atoms with Crippen LogP contribution in [-0.2, 0) is 14.3 Å². The van der Waals surface area contributed by atoms with Crippen molar-refractivity contribution in [3.63, 3.8) is 0 Å². The third-order valence-corrected chi connectivity index (χ3v) is 7.29. The molecule has 4 bridgehead atoms. The Hall–Kier alpha value is -1.36. The standard InChI is InChI=1S/C21H26BrNO3/c1-13-4-3-5-17(6-13)23-18(24)14(2)26-19(25)20-8-15-7-16(9-20)11-21(22,10-15)12-20/h3-6,14-16H,7-12H2,1-2H3,(H,23,24)/t14-,15-,16+,20?,21?/m0/s1. The van der Waals surface area contributed by atoms with Gasteiger partial charge in [0.25, 0.3) is 5.91 Å². The van der Waals surface area contributed by atoms with Crippen LogP contribution in [-0.4, -0.2) is 22.3 Å². The van der Waals surface area contributed by atoms with E-state index in [0.717, 1.165) is 30.5 Å². The summed E-state index contributed by atoms with van der Waals surface area (Å²) in [6.07, 6.45) is 5.47. The molecule has 4 aliphatic rings. The first-order valence-corrected chi connectivity index (χ1v) is 10.3. The van der Waals surface area contributed by atoms with Crippen LogP contribution in [0.3, 0.4) is 0 Å². The molecule has 1 aromatic rings. The van der Waals surface area contributed by atoms with Crippen LogP contribution in [0.1, 0.15) is 51.0 Å². The second-order valence-electron chi connectivity index (χ2n) is 8.80. The van der Waals surface area contributed by atoms with E-state index in [9.17, 15) is 9.59 Å². The Kier molecular flexibility index (Phi) is 4.41. The number of carbonyl (C=O) groups excluding carboxylic acids is 2. The summed E-state index contributed by atoms with van der Waals surface area (Å²) < 4.78 is 5.77. The Morgan fingerprint density at radius 2 is 1.92 bits per heavy atom. The summed E-state index contributed by atoms with van der Waals surface area (Å²) in [5.74, 6) is 0.767. The molecular weight excluding hydrogens is 394 g/mol. The molecule has 4 fully saturated rings. The van der Waals surface area contributed by atoms with Crippen LogP contribution in [0.15, 0.2) is 24.3 Å². The molecule has 140 valence electrons. The normalized spacial score (nSPS) is 35.8. The Labute approximate surface area is 163 Å². The van der Waals surface area contributed by atoms with Gasteiger partial charge in [0.2, 0.25) is 0 Å². The number of anilines is 1. The number of hydrogen-bond acceptors (Lipinski definition) is 3. The van der Waals surface area contributed by atoms with Crippen molar-refractivity contribution in [3.05, 3.63) is 29.8 Å². The fraction of sp³-hybridized carbons (Fsp3) is 0.619. The van der Waals surface area contributed by atoms with E-state index in [4.69, 9.17) is 4.74 Å². The number of hydrogen-bond donors (Lipinski definition) is 1. The van der Waals surface area contributed by atoms with E-state index < -0.39 is 11.5 Å². The van der Waals surface area contributed by atoms with Crippen molar-refractivity contribution in [1.82, 2.24) is 0 Å². The first kappa shape index (κ1) is 18.0. The number of halogens is 1. The van der Waals surface area contributed by atoms with Crippen molar-refractivity contribution in [2.75, 3.05) is 5.32 Å². The minimum absolute atomic E-state index is 0.100. The third kappa shape index (κ3) is 3.30. The molecule has 5 atom stereocenters. The van der Waals surface area contributed by atoms with Crippen molar-refractivity contribution in [2.24, 2.45) is 17.3 Å². The van der Waals surface area contributed by atoms with Gasteiger partial charge < -0.3 is 10.1 Å². The Morgan fingerprint density at radius 3 is 2.54 bits per heavy atom. The molecule has 5 rings (SSSR count). The molecule has 26 heavy (non-hydrogen) atoms. The second-order valence-corrected chi connectivity index (χ2v) is 10.5. The predicted molar refractivity (Wildman–Crippen MR) is 104 cm³/mol. The van der Waals surface area contributed by atoms with Gasteiger partial charge in [-0.3, -0.25) is 9.59 Å². The Balaban J connectivity index is 1.42. The van der Waals surface area contributed by atoms with Crippen molar-refractivity contribution in [3.8, 4) is 0 Å². The van der Waals surface area contributed by atoms with Crippen LogP contribution in [0.4, 0.5) is 5.69 Å². The molecule has 0 aromatic heterocycles. The minimum Gasteiger partial charge on any atom is -0.452 e. The molecule has 4 aliphatic carbocycles. The highest BCUT2D eigenvalue weighted by Gasteiger charge is 2.60. The third-order valence-electron chi connectivity index (χ3n) is 6.36. The first-order valence-electron chi connectivity index (χ1n) is 9.55. The van der Waals surface area contributed by atoms with Crippen molar-refractivity contribution < 1.29 is 14.3 Å². The average Bonchev–Trinajstić information content (AvgIpc) is 2.52. The maximum absolute atomic E-state index is 13.0. The lowest BCUT2D eigenvalue weighted by Crippen LogP contribution is -2.56. The van der Waals surface area contributed by atoms with E-state index in [1.165, 1.54) is 19.3 Å². The zero-order valence-corrected chi connectivity index (χ0v) is 17.0. The Morgan fingerprint density at radius 1 is 1.23 bits per heavy atom. The first-order chi connectivity index (χ1) is 12.3. The van der Waals surface area contributed by atoms with Gasteiger partial charge in [-0.15, -0.1) is 0 Å². The smallest absolute Gasteiger partial charge is 0.312 e. The zero-order chi connectivity index (χ0) is 18.5. The summed E-state index contributed by atoms with van der Waals surface area (Å²) in [6, 6.07) is 7.61. The highest BCUT2D eigenvalue weighted by Crippen LogP contribution is 2.64. The molecule has 0 aliphatic heterocycles. The van der Waals surface area contributed by atoms with Crippen LogP contribution < -0.4 is 5.32 Å². The summed E-state index contributed by atoms with van der Waals surface area (Å²) in [5, 5.41) is 2.84. The second kappa shape index (κ2) is 6.36. The van der Waals surface area contributed by atoms with Gasteiger partial charge in [-0.1, -0.05) is 28.1 Å². The predicted octanol–water partition coefficient (Wildman–Crippen LogP) is 4.60. The van der Waals surface area contributed by atoms with Gasteiger partial charge >= 0.3 is 5.97 Å². The SMILES string of the molecule is Cc1cccc(NC(=O)[C@H](C)OC(=O)C23C[C@@H]4C[C@@H](CC(Br)(C4)C2)C3)c1. The number of amides is 1. The summed E-state index contributed by atoms with van der Waals surface area (Å²) in [6.45, 7) is 3.63. The van der Waals surface area contributed by atoms with E-state index in [1.54, 1.807) is 6.92 Å². The fourth-order valence-electron chi connectivity index (χ4n) is 5.70. The van der Waals surface area contributed by atoms with Crippen LogP contribution in [0.5, 0.6) is 0 Å². The quantitative estimate of drug-likeness (QED) is 0.572. The number of aryl methyl sites for hydroxylation is 1. The molecule has 5 heteroatoms. The summed E-state index contributed by atoms with van der Waals surface area (Å²) in [4.78, 5) is 25.5. The molecule has 4 nitrogen and oxygen atoms in total. The van der Waals surface area contributed by atoms with Gasteiger partial charge in [0.05, 0.1) is 5.41 Å². The van der Waals surface area contributed by atoms with Gasteiger partial charge in [0.15, 0.2) is 6.10 Å². The highest BCUT2D eigenvalue weighted by molar-refractivity contribution is 9.10. The summed E-state index contributed by atoms with van der Waals surface area (Å²) in [7, 11) is 0. The largest absolute Gasteiger partial charge is 0.452 e. The van der Waals surface area contributed by atoms with Gasteiger partial charge in [-0.25, -0.2) is 0 Å². The van der Waals surface area contributed by atoms with Crippen molar-refractivity contribution in [1.29, 1.82) is 0 Å². The molecule has 1 amide bonds. The molecule has 2 unspecified atom stereocenters. The maximum atomic E-state index is 13.0. The van der Waals surface area contributed by atoms with Crippen LogP contribution >= 0.6 is 15.9 Å². The van der Waals surface area contributed by atoms with E-state index >= 15 is 0 Å². The van der Waals surface area contributed by atoms with Crippen LogP contribution in [0.25, 0.3) is 0 Å². The average molecular weight is 420 g/mol. The van der Waals surface area contributed by atoms with E-state index in [2.05, 4.69) is 21.2 Å². The lowest BCUT2D eigenvalue weighted by Gasteiger charge is -2.58. The van der Waals surface area contributed by atoms with Gasteiger partial charge in [0, 0.05) is 10.0 Å². The molecule has 1 N–H and O–H groups in total. The topological polar surface area (TPSA) is 55.4 Å². The maximum Gasteiger partial charge on any atom is 0.312 e. The molecule has 1 aromatic carbocycles. The molecule has 0 spiro atoms. The van der Waals surface area contributed by atoms with Gasteiger partial charge in [-0.05, 0) is 81.9 Å². The number of esters is 1. The fourth-order valence-corrected chi connectivity index (χ4v) is 7.15. The lowest BCUT2D eigenvalue weighted by atomic mass is 9.49. The van der Waals surface area contributed by atoms with Crippen molar-refractivity contribution >= 4 is 33.5 Å². The summed E-state index contributed by atoms with van der Waals surface area (Å²) in [5.41, 5.74) is 1.40. The van der Waals surface area contributed by atoms with Gasteiger partial charge in [0.1, 0.15) is 0 Å². The molecule has 0 radical (unpaired) electrons. The number of ether oxygens (including phenoxy) is 1. The zero-order valence-electron chi connectivity index (χ0n) is 15.4. The van der Waals surface area contributed by atoms with E-state index in [1.807, 2.05) is 31.2 Å².